The van der Waals surface area contributed by atoms with E-state index in [2.05, 4.69) is 61.2 Å². The number of nitrogens with zero attached hydrogens (tertiary/aromatic N) is 1. The molecule has 1 heterocycles. The molecule has 0 aliphatic heterocycles. The smallest absolute Gasteiger partial charge is 0.336 e. The molecule has 1 aromatic heterocycles. The Morgan fingerprint density at radius 3 is 2.08 bits per heavy atom. The molecule has 0 amide bonds. The standard InChI is InChI=1S/C24H29FN2.C6H8O7/c1-17-21-15-20(25)9-10-22(21)26-23(17)19-11-13-24(14-12-19,27(2)3)16-18-7-5-4-6-8-18;7-3(8)1-6(13,5(11)12)2-4(9)10/h4-10,15,19,26H,11-14,16H2,1-3H3;13H,1-2H2,(H,7,8)(H,9,10)(H,11,12). The summed E-state index contributed by atoms with van der Waals surface area (Å²) < 4.78 is 13.6. The van der Waals surface area contributed by atoms with Crippen LogP contribution in [0.2, 0.25) is 0 Å². The molecule has 3 aromatic rings. The maximum Gasteiger partial charge on any atom is 0.336 e. The summed E-state index contributed by atoms with van der Waals surface area (Å²) in [6.45, 7) is 2.13. The number of aliphatic hydroxyl groups is 1. The third-order valence-corrected chi connectivity index (χ3v) is 7.99. The zero-order chi connectivity index (χ0) is 29.7. The van der Waals surface area contributed by atoms with E-state index in [4.69, 9.17) is 20.4 Å². The van der Waals surface area contributed by atoms with Gasteiger partial charge in [0.05, 0.1) is 12.8 Å². The van der Waals surface area contributed by atoms with Crippen LogP contribution < -0.4 is 0 Å². The number of halogens is 1. The normalized spacial score (nSPS) is 19.2. The highest BCUT2D eigenvalue weighted by molar-refractivity contribution is 5.88. The zero-order valence-corrected chi connectivity index (χ0v) is 23.0. The van der Waals surface area contributed by atoms with Crippen molar-refractivity contribution < 1.29 is 39.2 Å². The Morgan fingerprint density at radius 1 is 1.00 bits per heavy atom. The molecule has 1 aliphatic rings. The van der Waals surface area contributed by atoms with E-state index in [0.29, 0.717) is 5.92 Å². The van der Waals surface area contributed by atoms with Crippen molar-refractivity contribution in [1.29, 1.82) is 0 Å². The van der Waals surface area contributed by atoms with Crippen molar-refractivity contribution in [3.05, 3.63) is 71.2 Å². The molecule has 0 spiro atoms. The number of hydrogen-bond donors (Lipinski definition) is 5. The number of rotatable bonds is 9. The van der Waals surface area contributed by atoms with Crippen molar-refractivity contribution in [3.63, 3.8) is 0 Å². The Balaban J connectivity index is 0.000000289. The molecular formula is C30H37FN2O7. The fraction of sp³-hybridized carbons (Fsp3) is 0.433. The van der Waals surface area contributed by atoms with Gasteiger partial charge in [-0.2, -0.15) is 0 Å². The van der Waals surface area contributed by atoms with Crippen LogP contribution in [0.25, 0.3) is 10.9 Å². The largest absolute Gasteiger partial charge is 0.481 e. The Bertz CT molecular complexity index is 1330. The van der Waals surface area contributed by atoms with Gasteiger partial charge in [-0.1, -0.05) is 30.3 Å². The first-order valence-corrected chi connectivity index (χ1v) is 13.1. The number of carbonyl (C=O) groups is 3. The molecule has 4 rings (SSSR count). The lowest BCUT2D eigenvalue weighted by atomic mass is 9.71. The van der Waals surface area contributed by atoms with E-state index in [1.807, 2.05) is 6.07 Å². The summed E-state index contributed by atoms with van der Waals surface area (Å²) in [4.78, 5) is 36.5. The number of likely N-dealkylation sites (N-methyl/N-ethyl adjacent to an activating group) is 1. The van der Waals surface area contributed by atoms with Crippen LogP contribution in [0.1, 0.15) is 61.3 Å². The summed E-state index contributed by atoms with van der Waals surface area (Å²) in [5.41, 5.74) is 2.48. The van der Waals surface area contributed by atoms with E-state index >= 15 is 0 Å². The van der Waals surface area contributed by atoms with Gasteiger partial charge in [-0.15, -0.1) is 0 Å². The Morgan fingerprint density at radius 2 is 1.57 bits per heavy atom. The van der Waals surface area contributed by atoms with Gasteiger partial charge in [0.25, 0.3) is 0 Å². The molecule has 1 aliphatic carbocycles. The van der Waals surface area contributed by atoms with Crippen LogP contribution in [0.5, 0.6) is 0 Å². The first-order valence-electron chi connectivity index (χ1n) is 13.1. The van der Waals surface area contributed by atoms with Gasteiger partial charge >= 0.3 is 17.9 Å². The number of fused-ring (bicyclic) bond motifs is 1. The number of nitrogens with one attached hydrogen (secondary N) is 1. The van der Waals surface area contributed by atoms with Crippen molar-refractivity contribution in [3.8, 4) is 0 Å². The first kappa shape index (κ1) is 30.8. The summed E-state index contributed by atoms with van der Waals surface area (Å²) in [6, 6.07) is 15.9. The molecule has 9 nitrogen and oxygen atoms in total. The van der Waals surface area contributed by atoms with E-state index in [1.54, 1.807) is 12.1 Å². The number of hydrogen-bond acceptors (Lipinski definition) is 5. The minimum Gasteiger partial charge on any atom is -0.481 e. The Labute approximate surface area is 232 Å². The zero-order valence-electron chi connectivity index (χ0n) is 23.0. The molecule has 2 aromatic carbocycles. The summed E-state index contributed by atoms with van der Waals surface area (Å²) in [5, 5.41) is 34.8. The Hall–Kier alpha value is -3.76. The van der Waals surface area contributed by atoms with E-state index in [9.17, 15) is 18.8 Å². The van der Waals surface area contributed by atoms with Crippen molar-refractivity contribution in [2.75, 3.05) is 14.1 Å². The maximum atomic E-state index is 13.6. The molecule has 0 atom stereocenters. The number of aryl methyl sites for hydroxylation is 1. The number of carboxylic acid groups (broad SMARTS) is 3. The molecule has 0 saturated heterocycles. The van der Waals surface area contributed by atoms with Gasteiger partial charge in [-0.05, 0) is 88.4 Å². The second-order valence-corrected chi connectivity index (χ2v) is 10.9. The topological polar surface area (TPSA) is 151 Å². The van der Waals surface area contributed by atoms with Crippen molar-refractivity contribution in [2.24, 2.45) is 0 Å². The van der Waals surface area contributed by atoms with Gasteiger partial charge in [-0.3, -0.25) is 9.59 Å². The van der Waals surface area contributed by atoms with Gasteiger partial charge in [0.1, 0.15) is 5.82 Å². The fourth-order valence-electron chi connectivity index (χ4n) is 5.64. The molecule has 0 radical (unpaired) electrons. The highest BCUT2D eigenvalue weighted by Crippen LogP contribution is 2.43. The van der Waals surface area contributed by atoms with Crippen molar-refractivity contribution in [2.45, 2.75) is 68.9 Å². The monoisotopic (exact) mass is 556 g/mol. The molecule has 5 N–H and O–H groups in total. The molecule has 1 saturated carbocycles. The predicted octanol–water partition coefficient (Wildman–Crippen LogP) is 4.57. The molecule has 10 heteroatoms. The van der Waals surface area contributed by atoms with Crippen LogP contribution >= 0.6 is 0 Å². The lowest BCUT2D eigenvalue weighted by molar-refractivity contribution is -0.170. The van der Waals surface area contributed by atoms with Gasteiger partial charge in [0.2, 0.25) is 0 Å². The molecule has 0 unspecified atom stereocenters. The maximum absolute atomic E-state index is 13.6. The summed E-state index contributed by atoms with van der Waals surface area (Å²) in [7, 11) is 4.44. The number of benzene rings is 2. The van der Waals surface area contributed by atoms with E-state index in [-0.39, 0.29) is 11.4 Å². The SMILES string of the molecule is Cc1c(C2CCC(Cc3ccccc3)(N(C)C)CC2)[nH]c2ccc(F)cc12.O=C(O)CC(O)(CC(=O)O)C(=O)O. The molecular weight excluding hydrogens is 519 g/mol. The van der Waals surface area contributed by atoms with Gasteiger partial charge < -0.3 is 30.3 Å². The number of H-pyrrole nitrogens is 1. The highest BCUT2D eigenvalue weighted by Gasteiger charge is 2.41. The predicted molar refractivity (Wildman–Crippen MR) is 148 cm³/mol. The minimum atomic E-state index is -2.74. The lowest BCUT2D eigenvalue weighted by Gasteiger charge is -2.45. The molecule has 216 valence electrons. The third-order valence-electron chi connectivity index (χ3n) is 7.99. The molecule has 40 heavy (non-hydrogen) atoms. The second-order valence-electron chi connectivity index (χ2n) is 10.9. The second kappa shape index (κ2) is 12.6. The third kappa shape index (κ3) is 7.25. The molecule has 0 bridgehead atoms. The average Bonchev–Trinajstić information content (AvgIpc) is 3.20. The van der Waals surface area contributed by atoms with Gasteiger partial charge in [-0.25, -0.2) is 9.18 Å². The molecule has 1 fully saturated rings. The lowest BCUT2D eigenvalue weighted by Crippen LogP contribution is -2.48. The van der Waals surface area contributed by atoms with Crippen LogP contribution in [0.4, 0.5) is 4.39 Å². The summed E-state index contributed by atoms with van der Waals surface area (Å²) >= 11 is 0. The highest BCUT2D eigenvalue weighted by atomic mass is 19.1. The Kier molecular flexibility index (Phi) is 9.70. The number of carboxylic acids is 3. The number of aromatic amines is 1. The van der Waals surface area contributed by atoms with E-state index < -0.39 is 36.4 Å². The van der Waals surface area contributed by atoms with E-state index in [1.165, 1.54) is 42.5 Å². The fourth-order valence-corrected chi connectivity index (χ4v) is 5.64. The number of aliphatic carboxylic acids is 3. The first-order chi connectivity index (χ1) is 18.8. The van der Waals surface area contributed by atoms with Crippen LogP contribution in [-0.2, 0) is 20.8 Å². The average molecular weight is 557 g/mol. The summed E-state index contributed by atoms with van der Waals surface area (Å²) in [5.74, 6) is -4.65. The van der Waals surface area contributed by atoms with Crippen LogP contribution in [0.3, 0.4) is 0 Å². The van der Waals surface area contributed by atoms with E-state index in [0.717, 1.165) is 17.3 Å². The van der Waals surface area contributed by atoms with Gasteiger partial charge in [0, 0.05) is 22.1 Å². The minimum absolute atomic E-state index is 0.158. The quantitative estimate of drug-likeness (QED) is 0.257. The van der Waals surface area contributed by atoms with Crippen molar-refractivity contribution >= 4 is 28.8 Å². The number of aromatic nitrogens is 1. The van der Waals surface area contributed by atoms with Gasteiger partial charge in [0.15, 0.2) is 5.60 Å². The summed E-state index contributed by atoms with van der Waals surface area (Å²) in [6.07, 6.45) is 3.52. The van der Waals surface area contributed by atoms with Crippen LogP contribution in [0, 0.1) is 12.7 Å². The van der Waals surface area contributed by atoms with Crippen molar-refractivity contribution in [1.82, 2.24) is 9.88 Å². The van der Waals surface area contributed by atoms with Crippen LogP contribution in [0.15, 0.2) is 48.5 Å². The van der Waals surface area contributed by atoms with Crippen LogP contribution in [-0.4, -0.2) is 73.5 Å².